The van der Waals surface area contributed by atoms with E-state index in [0.29, 0.717) is 0 Å². The first kappa shape index (κ1) is 10.7. The molecule has 0 aliphatic carbocycles. The third kappa shape index (κ3) is 2.11. The third-order valence-electron chi connectivity index (χ3n) is 2.41. The van der Waals surface area contributed by atoms with Crippen molar-refractivity contribution >= 4 is 5.78 Å². The summed E-state index contributed by atoms with van der Waals surface area (Å²) in [5.41, 5.74) is 1.44. The highest BCUT2D eigenvalue weighted by molar-refractivity contribution is 6.01. The largest absolute Gasteiger partial charge is 0.293 e. The Morgan fingerprint density at radius 3 is 2.21 bits per heavy atom. The molecule has 0 heterocycles. The van der Waals surface area contributed by atoms with E-state index in [-0.39, 0.29) is 5.78 Å². The van der Waals surface area contributed by atoms with Crippen molar-refractivity contribution < 1.29 is 4.79 Å². The molecule has 0 aliphatic rings. The van der Waals surface area contributed by atoms with E-state index in [0.717, 1.165) is 11.1 Å². The van der Waals surface area contributed by atoms with E-state index < -0.39 is 5.41 Å². The van der Waals surface area contributed by atoms with Crippen molar-refractivity contribution in [3.63, 3.8) is 0 Å². The summed E-state index contributed by atoms with van der Waals surface area (Å²) < 4.78 is 0. The third-order valence-corrected chi connectivity index (χ3v) is 2.41. The molecule has 1 nitrogen and oxygen atoms in total. The van der Waals surface area contributed by atoms with Crippen LogP contribution >= 0.6 is 0 Å². The molecule has 0 atom stereocenters. The van der Waals surface area contributed by atoms with Crippen LogP contribution in [-0.4, -0.2) is 5.78 Å². The van der Waals surface area contributed by atoms with Gasteiger partial charge in [0.05, 0.1) is 0 Å². The molecule has 0 saturated carbocycles. The number of carbonyl (C=O) groups excluding carboxylic acids is 1. The first-order valence-corrected chi connectivity index (χ1v) is 4.72. The van der Waals surface area contributed by atoms with Crippen LogP contribution in [0.15, 0.2) is 36.9 Å². The zero-order valence-electron chi connectivity index (χ0n) is 9.00. The Balaban J connectivity index is 3.01. The van der Waals surface area contributed by atoms with Gasteiger partial charge in [0.2, 0.25) is 0 Å². The van der Waals surface area contributed by atoms with Gasteiger partial charge in [-0.15, -0.1) is 6.58 Å². The van der Waals surface area contributed by atoms with Crippen molar-refractivity contribution in [1.82, 2.24) is 0 Å². The Hall–Kier alpha value is -1.37. The topological polar surface area (TPSA) is 17.1 Å². The Bertz CT molecular complexity index is 344. The summed E-state index contributed by atoms with van der Waals surface area (Å²) in [5, 5.41) is 0. The first-order valence-electron chi connectivity index (χ1n) is 4.72. The fraction of sp³-hybridized carbons (Fsp3) is 0.308. The highest BCUT2D eigenvalue weighted by atomic mass is 16.1. The van der Waals surface area contributed by atoms with Crippen molar-refractivity contribution in [3.8, 4) is 0 Å². The molecule has 0 amide bonds. The summed E-state index contributed by atoms with van der Waals surface area (Å²) in [6.45, 7) is 9.44. The van der Waals surface area contributed by atoms with E-state index in [4.69, 9.17) is 0 Å². The Morgan fingerprint density at radius 1 is 1.29 bits per heavy atom. The van der Waals surface area contributed by atoms with Gasteiger partial charge in [0, 0.05) is 11.0 Å². The van der Waals surface area contributed by atoms with E-state index in [1.807, 2.05) is 45.0 Å². The quantitative estimate of drug-likeness (QED) is 0.525. The average Bonchev–Trinajstić information content (AvgIpc) is 2.18. The Morgan fingerprint density at radius 2 is 1.79 bits per heavy atom. The maximum atomic E-state index is 11.9. The molecule has 0 aromatic heterocycles. The summed E-state index contributed by atoms with van der Waals surface area (Å²) >= 11 is 0. The van der Waals surface area contributed by atoms with E-state index in [1.165, 1.54) is 0 Å². The highest BCUT2D eigenvalue weighted by Crippen LogP contribution is 2.22. The Kier molecular flexibility index (Phi) is 2.90. The summed E-state index contributed by atoms with van der Waals surface area (Å²) in [4.78, 5) is 11.9. The molecule has 74 valence electrons. The molecule has 0 saturated heterocycles. The molecule has 1 aromatic rings. The highest BCUT2D eigenvalue weighted by Gasteiger charge is 2.24. The molecule has 0 radical (unpaired) electrons. The number of aryl methyl sites for hydroxylation is 1. The van der Waals surface area contributed by atoms with E-state index in [9.17, 15) is 4.79 Å². The van der Waals surface area contributed by atoms with Gasteiger partial charge >= 0.3 is 0 Å². The van der Waals surface area contributed by atoms with Crippen LogP contribution in [0.25, 0.3) is 0 Å². The van der Waals surface area contributed by atoms with Crippen LogP contribution in [0.4, 0.5) is 0 Å². The molecule has 0 fully saturated rings. The summed E-state index contributed by atoms with van der Waals surface area (Å²) in [5.74, 6) is 0.118. The molecule has 1 rings (SSSR count). The number of Topliss-reactive ketones (excluding diaryl/α,β-unsaturated/α-hetero) is 1. The summed E-state index contributed by atoms with van der Waals surface area (Å²) in [6, 6.07) is 7.63. The van der Waals surface area contributed by atoms with E-state index in [2.05, 4.69) is 6.58 Å². The van der Waals surface area contributed by atoms with Gasteiger partial charge < -0.3 is 0 Å². The molecule has 0 N–H and O–H groups in total. The zero-order chi connectivity index (χ0) is 10.8. The van der Waals surface area contributed by atoms with Crippen molar-refractivity contribution in [3.05, 3.63) is 48.0 Å². The van der Waals surface area contributed by atoms with Crippen LogP contribution in [-0.2, 0) is 0 Å². The lowest BCUT2D eigenvalue weighted by atomic mass is 9.84. The van der Waals surface area contributed by atoms with Crippen LogP contribution in [0.2, 0.25) is 0 Å². The number of ketones is 1. The normalized spacial score (nSPS) is 11.1. The standard InChI is InChI=1S/C13H16O/c1-5-13(3,4)12(14)11-8-6-10(2)7-9-11/h5-9H,1H2,2-4H3. The van der Waals surface area contributed by atoms with Crippen molar-refractivity contribution in [2.45, 2.75) is 20.8 Å². The summed E-state index contributed by atoms with van der Waals surface area (Å²) in [6.07, 6.45) is 1.69. The second-order valence-corrected chi connectivity index (χ2v) is 4.12. The van der Waals surface area contributed by atoms with Crippen LogP contribution in [0.1, 0.15) is 29.8 Å². The van der Waals surface area contributed by atoms with Gasteiger partial charge in [-0.1, -0.05) is 35.9 Å². The fourth-order valence-corrected chi connectivity index (χ4v) is 1.17. The van der Waals surface area contributed by atoms with Gasteiger partial charge in [0.25, 0.3) is 0 Å². The minimum absolute atomic E-state index is 0.118. The predicted octanol–water partition coefficient (Wildman–Crippen LogP) is 3.39. The second kappa shape index (κ2) is 3.79. The fourth-order valence-electron chi connectivity index (χ4n) is 1.17. The van der Waals surface area contributed by atoms with Gasteiger partial charge in [-0.25, -0.2) is 0 Å². The zero-order valence-corrected chi connectivity index (χ0v) is 9.00. The van der Waals surface area contributed by atoms with Crippen LogP contribution < -0.4 is 0 Å². The van der Waals surface area contributed by atoms with E-state index in [1.54, 1.807) is 6.08 Å². The maximum Gasteiger partial charge on any atom is 0.172 e. The number of rotatable bonds is 3. The van der Waals surface area contributed by atoms with Crippen molar-refractivity contribution in [1.29, 1.82) is 0 Å². The summed E-state index contributed by atoms with van der Waals surface area (Å²) in [7, 11) is 0. The second-order valence-electron chi connectivity index (χ2n) is 4.12. The van der Waals surface area contributed by atoms with Crippen LogP contribution in [0.5, 0.6) is 0 Å². The smallest absolute Gasteiger partial charge is 0.172 e. The minimum Gasteiger partial charge on any atom is -0.293 e. The predicted molar refractivity (Wildman–Crippen MR) is 59.5 cm³/mol. The number of benzene rings is 1. The SMILES string of the molecule is C=CC(C)(C)C(=O)c1ccc(C)cc1. The molecule has 0 spiro atoms. The minimum atomic E-state index is -0.477. The van der Waals surface area contributed by atoms with Crippen LogP contribution in [0.3, 0.4) is 0 Å². The first-order chi connectivity index (χ1) is 6.47. The lowest BCUT2D eigenvalue weighted by Gasteiger charge is -2.17. The molecular weight excluding hydrogens is 172 g/mol. The molecule has 1 heteroatoms. The van der Waals surface area contributed by atoms with Crippen LogP contribution in [0, 0.1) is 12.3 Å². The van der Waals surface area contributed by atoms with Gasteiger partial charge in [0.15, 0.2) is 5.78 Å². The Labute approximate surface area is 85.5 Å². The number of hydrogen-bond donors (Lipinski definition) is 0. The van der Waals surface area contributed by atoms with Gasteiger partial charge in [0.1, 0.15) is 0 Å². The number of allylic oxidation sites excluding steroid dienone is 1. The van der Waals surface area contributed by atoms with Gasteiger partial charge in [-0.05, 0) is 20.8 Å². The molecular formula is C13H16O. The number of hydrogen-bond acceptors (Lipinski definition) is 1. The molecule has 0 bridgehead atoms. The molecule has 0 unspecified atom stereocenters. The average molecular weight is 188 g/mol. The maximum absolute atomic E-state index is 11.9. The van der Waals surface area contributed by atoms with Gasteiger partial charge in [-0.2, -0.15) is 0 Å². The lowest BCUT2D eigenvalue weighted by molar-refractivity contribution is 0.0886. The van der Waals surface area contributed by atoms with E-state index >= 15 is 0 Å². The van der Waals surface area contributed by atoms with Gasteiger partial charge in [-0.3, -0.25) is 4.79 Å². The molecule has 0 aliphatic heterocycles. The van der Waals surface area contributed by atoms with Crippen molar-refractivity contribution in [2.75, 3.05) is 0 Å². The monoisotopic (exact) mass is 188 g/mol. The molecule has 1 aromatic carbocycles. The molecule has 14 heavy (non-hydrogen) atoms. The lowest BCUT2D eigenvalue weighted by Crippen LogP contribution is -2.21. The van der Waals surface area contributed by atoms with Crippen molar-refractivity contribution in [2.24, 2.45) is 5.41 Å². The number of carbonyl (C=O) groups is 1.